The van der Waals surface area contributed by atoms with Crippen LogP contribution in [0.5, 0.6) is 0 Å². The topological polar surface area (TPSA) is 44.5 Å². The first-order valence-corrected chi connectivity index (χ1v) is 6.03. The highest BCUT2D eigenvalue weighted by Gasteiger charge is 2.37. The summed E-state index contributed by atoms with van der Waals surface area (Å²) in [6.45, 7) is 3.57. The van der Waals surface area contributed by atoms with Crippen molar-refractivity contribution in [3.8, 4) is 0 Å². The monoisotopic (exact) mass is 211 g/mol. The fourth-order valence-corrected chi connectivity index (χ4v) is 2.12. The molecule has 1 fully saturated rings. The Labute approximate surface area is 91.6 Å². The first-order valence-electron chi connectivity index (χ1n) is 6.03. The van der Waals surface area contributed by atoms with Crippen molar-refractivity contribution in [2.45, 2.75) is 44.8 Å². The van der Waals surface area contributed by atoms with Gasteiger partial charge in [0.15, 0.2) is 0 Å². The minimum absolute atomic E-state index is 0.0576. The van der Waals surface area contributed by atoms with Gasteiger partial charge in [0.1, 0.15) is 5.76 Å². The molecule has 2 N–H and O–H groups in total. The van der Waals surface area contributed by atoms with Gasteiger partial charge in [-0.05, 0) is 44.6 Å². The predicted molar refractivity (Wildman–Crippen MR) is 59.4 cm³/mol. The highest BCUT2D eigenvalue weighted by atomic mass is 16.5. The molecular weight excluding hydrogens is 190 g/mol. The van der Waals surface area contributed by atoms with Crippen LogP contribution in [0.2, 0.25) is 0 Å². The number of nitrogens with two attached hydrogens (primary N) is 1. The zero-order valence-electron chi connectivity index (χ0n) is 9.45. The molecule has 0 saturated heterocycles. The van der Waals surface area contributed by atoms with E-state index in [9.17, 15) is 0 Å². The van der Waals surface area contributed by atoms with E-state index in [-0.39, 0.29) is 12.1 Å². The Morgan fingerprint density at radius 2 is 2.40 bits per heavy atom. The molecule has 2 unspecified atom stereocenters. The third-order valence-corrected chi connectivity index (χ3v) is 3.09. The van der Waals surface area contributed by atoms with E-state index in [4.69, 9.17) is 15.2 Å². The fourth-order valence-electron chi connectivity index (χ4n) is 2.12. The van der Waals surface area contributed by atoms with Crippen molar-refractivity contribution in [3.63, 3.8) is 0 Å². The summed E-state index contributed by atoms with van der Waals surface area (Å²) in [6, 6.07) is -0.0576. The lowest BCUT2D eigenvalue weighted by molar-refractivity contribution is 0.0193. The van der Waals surface area contributed by atoms with Gasteiger partial charge in [0.25, 0.3) is 0 Å². The average Bonchev–Trinajstić information content (AvgIpc) is 3.10. The Morgan fingerprint density at radius 3 is 2.93 bits per heavy atom. The van der Waals surface area contributed by atoms with Crippen LogP contribution in [-0.2, 0) is 9.47 Å². The van der Waals surface area contributed by atoms with Crippen molar-refractivity contribution in [1.82, 2.24) is 0 Å². The van der Waals surface area contributed by atoms with Crippen LogP contribution < -0.4 is 5.73 Å². The highest BCUT2D eigenvalue weighted by molar-refractivity contribution is 5.09. The molecule has 0 amide bonds. The quantitative estimate of drug-likeness (QED) is 0.754. The summed E-state index contributed by atoms with van der Waals surface area (Å²) >= 11 is 0. The third kappa shape index (κ3) is 2.73. The van der Waals surface area contributed by atoms with Crippen LogP contribution in [-0.4, -0.2) is 25.4 Å². The summed E-state index contributed by atoms with van der Waals surface area (Å²) in [7, 11) is 0. The first-order chi connectivity index (χ1) is 7.33. The molecule has 3 nitrogen and oxygen atoms in total. The summed E-state index contributed by atoms with van der Waals surface area (Å²) < 4.78 is 11.3. The molecule has 0 spiro atoms. The Hall–Kier alpha value is -0.540. The van der Waals surface area contributed by atoms with Crippen molar-refractivity contribution < 1.29 is 9.47 Å². The van der Waals surface area contributed by atoms with Crippen LogP contribution >= 0.6 is 0 Å². The molecule has 0 bridgehead atoms. The Morgan fingerprint density at radius 1 is 1.60 bits per heavy atom. The number of allylic oxidation sites excluding steroid dienone is 1. The summed E-state index contributed by atoms with van der Waals surface area (Å²) in [4.78, 5) is 0. The van der Waals surface area contributed by atoms with E-state index in [0.717, 1.165) is 31.8 Å². The lowest BCUT2D eigenvalue weighted by Gasteiger charge is -2.27. The predicted octanol–water partition coefficient (Wildman–Crippen LogP) is 1.82. The molecule has 1 saturated carbocycles. The van der Waals surface area contributed by atoms with Crippen LogP contribution in [0.15, 0.2) is 11.8 Å². The lowest BCUT2D eigenvalue weighted by atomic mass is 10.0. The largest absolute Gasteiger partial charge is 0.496 e. The standard InChI is InChI=1S/C12H21NO2/c1-2-14-12(9-6-7-9)11(13)10-5-3-4-8-15-10/h5,9,11-12H,2-4,6-8,13H2,1H3. The molecular formula is C12H21NO2. The maximum absolute atomic E-state index is 6.20. The van der Waals surface area contributed by atoms with Crippen molar-refractivity contribution in [2.75, 3.05) is 13.2 Å². The maximum atomic E-state index is 6.20. The molecule has 0 aromatic heterocycles. The van der Waals surface area contributed by atoms with Crippen LogP contribution in [0.3, 0.4) is 0 Å². The van der Waals surface area contributed by atoms with E-state index in [2.05, 4.69) is 6.08 Å². The van der Waals surface area contributed by atoms with Crippen molar-refractivity contribution in [3.05, 3.63) is 11.8 Å². The van der Waals surface area contributed by atoms with Crippen molar-refractivity contribution >= 4 is 0 Å². The van der Waals surface area contributed by atoms with Gasteiger partial charge in [0.2, 0.25) is 0 Å². The molecule has 1 heterocycles. The Bertz CT molecular complexity index is 236. The van der Waals surface area contributed by atoms with E-state index in [1.807, 2.05) is 6.92 Å². The summed E-state index contributed by atoms with van der Waals surface area (Å²) in [5, 5.41) is 0. The van der Waals surface area contributed by atoms with E-state index in [0.29, 0.717) is 5.92 Å². The van der Waals surface area contributed by atoms with Gasteiger partial charge in [-0.25, -0.2) is 0 Å². The van der Waals surface area contributed by atoms with E-state index in [1.54, 1.807) is 0 Å². The zero-order valence-corrected chi connectivity index (χ0v) is 9.45. The minimum Gasteiger partial charge on any atom is -0.496 e. The first kappa shape index (κ1) is 11.0. The van der Waals surface area contributed by atoms with E-state index in [1.165, 1.54) is 12.8 Å². The summed E-state index contributed by atoms with van der Waals surface area (Å²) in [5.74, 6) is 1.61. The summed E-state index contributed by atoms with van der Waals surface area (Å²) in [5.41, 5.74) is 6.20. The van der Waals surface area contributed by atoms with Gasteiger partial charge in [-0.3, -0.25) is 0 Å². The van der Waals surface area contributed by atoms with Crippen molar-refractivity contribution in [2.24, 2.45) is 11.7 Å². The Balaban J connectivity index is 1.96. The van der Waals surface area contributed by atoms with Crippen LogP contribution in [0.25, 0.3) is 0 Å². The number of ether oxygens (including phenoxy) is 2. The second-order valence-corrected chi connectivity index (χ2v) is 4.38. The molecule has 2 atom stereocenters. The molecule has 86 valence electrons. The van der Waals surface area contributed by atoms with Gasteiger partial charge in [0.05, 0.1) is 18.8 Å². The van der Waals surface area contributed by atoms with Gasteiger partial charge >= 0.3 is 0 Å². The second kappa shape index (κ2) is 4.99. The van der Waals surface area contributed by atoms with Crippen LogP contribution in [0, 0.1) is 5.92 Å². The lowest BCUT2D eigenvalue weighted by Crippen LogP contribution is -2.41. The second-order valence-electron chi connectivity index (χ2n) is 4.38. The van der Waals surface area contributed by atoms with Gasteiger partial charge in [-0.2, -0.15) is 0 Å². The third-order valence-electron chi connectivity index (χ3n) is 3.09. The minimum atomic E-state index is -0.0576. The van der Waals surface area contributed by atoms with E-state index >= 15 is 0 Å². The van der Waals surface area contributed by atoms with Crippen LogP contribution in [0.4, 0.5) is 0 Å². The number of rotatable bonds is 5. The zero-order chi connectivity index (χ0) is 10.7. The van der Waals surface area contributed by atoms with Gasteiger partial charge < -0.3 is 15.2 Å². The fraction of sp³-hybridized carbons (Fsp3) is 0.833. The van der Waals surface area contributed by atoms with Crippen LogP contribution in [0.1, 0.15) is 32.6 Å². The van der Waals surface area contributed by atoms with Gasteiger partial charge in [0, 0.05) is 6.61 Å². The average molecular weight is 211 g/mol. The molecule has 15 heavy (non-hydrogen) atoms. The molecule has 0 aromatic rings. The van der Waals surface area contributed by atoms with Gasteiger partial charge in [-0.1, -0.05) is 0 Å². The number of hydrogen-bond acceptors (Lipinski definition) is 3. The molecule has 2 rings (SSSR count). The molecule has 0 aromatic carbocycles. The highest BCUT2D eigenvalue weighted by Crippen LogP contribution is 2.37. The van der Waals surface area contributed by atoms with Gasteiger partial charge in [-0.15, -0.1) is 0 Å². The van der Waals surface area contributed by atoms with Crippen molar-refractivity contribution in [1.29, 1.82) is 0 Å². The normalized spacial score (nSPS) is 25.3. The number of hydrogen-bond donors (Lipinski definition) is 1. The Kier molecular flexibility index (Phi) is 3.65. The molecule has 2 aliphatic rings. The molecule has 1 aliphatic carbocycles. The molecule has 3 heteroatoms. The smallest absolute Gasteiger partial charge is 0.111 e. The molecule has 1 aliphatic heterocycles. The SMILES string of the molecule is CCOC(C1CC1)C(N)C1=CCCCO1. The summed E-state index contributed by atoms with van der Waals surface area (Å²) in [6.07, 6.45) is 7.00. The van der Waals surface area contributed by atoms with E-state index < -0.39 is 0 Å². The maximum Gasteiger partial charge on any atom is 0.111 e. The molecule has 0 radical (unpaired) electrons.